The Morgan fingerprint density at radius 3 is 2.22 bits per heavy atom. The van der Waals surface area contributed by atoms with Crippen LogP contribution < -0.4 is 10.1 Å². The van der Waals surface area contributed by atoms with Crippen molar-refractivity contribution < 1.29 is 9.53 Å². The van der Waals surface area contributed by atoms with E-state index in [4.69, 9.17) is 10.00 Å². The zero-order chi connectivity index (χ0) is 19.2. The lowest BCUT2D eigenvalue weighted by atomic mass is 10.0. The smallest absolute Gasteiger partial charge is 0.265 e. The number of amides is 1. The van der Waals surface area contributed by atoms with E-state index in [1.54, 1.807) is 19.1 Å². The number of benzene rings is 3. The summed E-state index contributed by atoms with van der Waals surface area (Å²) in [7, 11) is 0. The lowest BCUT2D eigenvalue weighted by Gasteiger charge is -2.15. The molecule has 134 valence electrons. The van der Waals surface area contributed by atoms with Gasteiger partial charge in [-0.1, -0.05) is 36.4 Å². The number of carbonyl (C=O) groups excluding carboxylic acids is 1. The fourth-order valence-electron chi connectivity index (χ4n) is 2.69. The molecule has 0 bridgehead atoms. The lowest BCUT2D eigenvalue weighted by molar-refractivity contribution is -0.122. The van der Waals surface area contributed by atoms with Crippen LogP contribution in [0.15, 0.2) is 72.8 Å². The Morgan fingerprint density at radius 1 is 1.00 bits per heavy atom. The van der Waals surface area contributed by atoms with Gasteiger partial charge in [0.2, 0.25) is 0 Å². The number of nitriles is 1. The predicted molar refractivity (Wildman–Crippen MR) is 106 cm³/mol. The average molecular weight is 356 g/mol. The van der Waals surface area contributed by atoms with Gasteiger partial charge < -0.3 is 10.1 Å². The van der Waals surface area contributed by atoms with Gasteiger partial charge in [0.1, 0.15) is 5.75 Å². The van der Waals surface area contributed by atoms with Crippen molar-refractivity contribution in [1.82, 2.24) is 0 Å². The van der Waals surface area contributed by atoms with Gasteiger partial charge in [-0.05, 0) is 66.9 Å². The van der Waals surface area contributed by atoms with E-state index in [1.807, 2.05) is 67.6 Å². The highest BCUT2D eigenvalue weighted by Crippen LogP contribution is 2.23. The quantitative estimate of drug-likeness (QED) is 0.704. The van der Waals surface area contributed by atoms with Crippen molar-refractivity contribution in [3.63, 3.8) is 0 Å². The number of aryl methyl sites for hydroxylation is 1. The van der Waals surface area contributed by atoms with Crippen molar-refractivity contribution in [2.45, 2.75) is 20.0 Å². The van der Waals surface area contributed by atoms with Gasteiger partial charge in [-0.25, -0.2) is 0 Å². The summed E-state index contributed by atoms with van der Waals surface area (Å²) in [6.45, 7) is 3.70. The maximum atomic E-state index is 12.3. The molecule has 3 aromatic rings. The third-order valence-corrected chi connectivity index (χ3v) is 4.17. The number of carbonyl (C=O) groups is 1. The van der Waals surface area contributed by atoms with E-state index in [1.165, 1.54) is 0 Å². The van der Waals surface area contributed by atoms with E-state index >= 15 is 0 Å². The fourth-order valence-corrected chi connectivity index (χ4v) is 2.69. The summed E-state index contributed by atoms with van der Waals surface area (Å²) in [5.74, 6) is 0.427. The molecular formula is C23H20N2O2. The van der Waals surface area contributed by atoms with Crippen molar-refractivity contribution in [3.8, 4) is 22.9 Å². The third-order valence-electron chi connectivity index (χ3n) is 4.17. The van der Waals surface area contributed by atoms with Gasteiger partial charge in [-0.15, -0.1) is 0 Å². The van der Waals surface area contributed by atoms with Crippen molar-refractivity contribution in [3.05, 3.63) is 83.9 Å². The fraction of sp³-hybridized carbons (Fsp3) is 0.130. The Labute approximate surface area is 159 Å². The second-order valence-corrected chi connectivity index (χ2v) is 6.33. The van der Waals surface area contributed by atoms with Crippen molar-refractivity contribution >= 4 is 11.6 Å². The summed E-state index contributed by atoms with van der Waals surface area (Å²) in [6.07, 6.45) is -0.619. The van der Waals surface area contributed by atoms with E-state index in [2.05, 4.69) is 11.4 Å². The minimum atomic E-state index is -0.619. The third kappa shape index (κ3) is 4.74. The normalized spacial score (nSPS) is 11.3. The summed E-state index contributed by atoms with van der Waals surface area (Å²) < 4.78 is 5.75. The number of hydrogen-bond donors (Lipinski definition) is 1. The molecule has 1 N–H and O–H groups in total. The Hall–Kier alpha value is -3.58. The zero-order valence-corrected chi connectivity index (χ0v) is 15.3. The largest absolute Gasteiger partial charge is 0.481 e. The molecule has 0 fully saturated rings. The molecule has 0 heterocycles. The first-order valence-corrected chi connectivity index (χ1v) is 8.70. The van der Waals surface area contributed by atoms with Crippen LogP contribution in [-0.2, 0) is 4.79 Å². The molecule has 0 radical (unpaired) electrons. The molecule has 1 atom stereocenters. The van der Waals surface area contributed by atoms with Crippen LogP contribution in [0.25, 0.3) is 11.1 Å². The first kappa shape index (κ1) is 18.2. The number of ether oxygens (including phenoxy) is 1. The summed E-state index contributed by atoms with van der Waals surface area (Å²) in [6, 6.07) is 24.7. The van der Waals surface area contributed by atoms with E-state index in [-0.39, 0.29) is 5.91 Å². The number of anilines is 1. The molecule has 0 aromatic heterocycles. The topological polar surface area (TPSA) is 62.1 Å². The minimum absolute atomic E-state index is 0.197. The molecule has 27 heavy (non-hydrogen) atoms. The van der Waals surface area contributed by atoms with E-state index < -0.39 is 6.10 Å². The maximum absolute atomic E-state index is 12.3. The molecule has 0 saturated carbocycles. The number of nitrogens with zero attached hydrogens (tertiary/aromatic N) is 1. The van der Waals surface area contributed by atoms with E-state index in [9.17, 15) is 4.79 Å². The second kappa shape index (κ2) is 8.20. The molecule has 0 aliphatic heterocycles. The first-order chi connectivity index (χ1) is 13.0. The standard InChI is InChI=1S/C23H20N2O2/c1-16-4-3-5-21(14-16)25-23(26)17(2)27-22-12-10-20(11-13-22)19-8-6-18(15-24)7-9-19/h3-14,17H,1-2H3,(H,25,26)/t17-/m0/s1. The summed E-state index contributed by atoms with van der Waals surface area (Å²) >= 11 is 0. The Bertz CT molecular complexity index is 971. The summed E-state index contributed by atoms with van der Waals surface area (Å²) in [5, 5.41) is 11.7. The van der Waals surface area contributed by atoms with Gasteiger partial charge in [0.05, 0.1) is 11.6 Å². The minimum Gasteiger partial charge on any atom is -0.481 e. The monoisotopic (exact) mass is 356 g/mol. The number of rotatable bonds is 5. The van der Waals surface area contributed by atoms with Gasteiger partial charge in [0, 0.05) is 5.69 Å². The molecule has 0 aliphatic carbocycles. The first-order valence-electron chi connectivity index (χ1n) is 8.70. The van der Waals surface area contributed by atoms with E-state index in [0.717, 1.165) is 22.4 Å². The van der Waals surface area contributed by atoms with Crippen LogP contribution in [0.3, 0.4) is 0 Å². The van der Waals surface area contributed by atoms with E-state index in [0.29, 0.717) is 11.3 Å². The van der Waals surface area contributed by atoms with Gasteiger partial charge in [-0.3, -0.25) is 4.79 Å². The van der Waals surface area contributed by atoms with Crippen LogP contribution in [0.2, 0.25) is 0 Å². The van der Waals surface area contributed by atoms with Crippen LogP contribution in [-0.4, -0.2) is 12.0 Å². The Balaban J connectivity index is 1.63. The van der Waals surface area contributed by atoms with Crippen LogP contribution in [0.5, 0.6) is 5.75 Å². The number of nitrogens with one attached hydrogen (secondary N) is 1. The van der Waals surface area contributed by atoms with Crippen LogP contribution >= 0.6 is 0 Å². The molecule has 0 spiro atoms. The Kier molecular flexibility index (Phi) is 5.53. The lowest BCUT2D eigenvalue weighted by Crippen LogP contribution is -2.30. The highest BCUT2D eigenvalue weighted by atomic mass is 16.5. The van der Waals surface area contributed by atoms with Crippen molar-refractivity contribution in [2.75, 3.05) is 5.32 Å². The molecule has 0 saturated heterocycles. The Morgan fingerprint density at radius 2 is 1.63 bits per heavy atom. The van der Waals surface area contributed by atoms with Gasteiger partial charge >= 0.3 is 0 Å². The van der Waals surface area contributed by atoms with Gasteiger partial charge in [0.25, 0.3) is 5.91 Å². The second-order valence-electron chi connectivity index (χ2n) is 6.33. The SMILES string of the molecule is Cc1cccc(NC(=O)[C@H](C)Oc2ccc(-c3ccc(C#N)cc3)cc2)c1. The molecule has 1 amide bonds. The predicted octanol–water partition coefficient (Wildman–Crippen LogP) is 4.94. The van der Waals surface area contributed by atoms with Gasteiger partial charge in [0.15, 0.2) is 6.10 Å². The summed E-state index contributed by atoms with van der Waals surface area (Å²) in [4.78, 5) is 12.3. The maximum Gasteiger partial charge on any atom is 0.265 e. The van der Waals surface area contributed by atoms with Crippen molar-refractivity contribution in [1.29, 1.82) is 5.26 Å². The molecule has 0 unspecified atom stereocenters. The molecule has 3 aromatic carbocycles. The molecule has 4 nitrogen and oxygen atoms in total. The molecule has 3 rings (SSSR count). The average Bonchev–Trinajstić information content (AvgIpc) is 2.68. The molecule has 0 aliphatic rings. The molecular weight excluding hydrogens is 336 g/mol. The number of hydrogen-bond acceptors (Lipinski definition) is 3. The molecule has 4 heteroatoms. The van der Waals surface area contributed by atoms with Gasteiger partial charge in [-0.2, -0.15) is 5.26 Å². The van der Waals surface area contributed by atoms with Crippen molar-refractivity contribution in [2.24, 2.45) is 0 Å². The van der Waals surface area contributed by atoms with Crippen LogP contribution in [0.1, 0.15) is 18.1 Å². The highest BCUT2D eigenvalue weighted by Gasteiger charge is 2.15. The summed E-state index contributed by atoms with van der Waals surface area (Å²) in [5.41, 5.74) is 4.51. The van der Waals surface area contributed by atoms with Crippen LogP contribution in [0.4, 0.5) is 5.69 Å². The zero-order valence-electron chi connectivity index (χ0n) is 15.3. The highest BCUT2D eigenvalue weighted by molar-refractivity contribution is 5.94. The van der Waals surface area contributed by atoms with Crippen LogP contribution in [0, 0.1) is 18.3 Å².